The molecule has 17 heavy (non-hydrogen) atoms. The van der Waals surface area contributed by atoms with Gasteiger partial charge in [0.25, 0.3) is 0 Å². The average molecular weight is 236 g/mol. The summed E-state index contributed by atoms with van der Waals surface area (Å²) in [4.78, 5) is 4.43. The van der Waals surface area contributed by atoms with Crippen molar-refractivity contribution in [1.29, 1.82) is 0 Å². The van der Waals surface area contributed by atoms with Crippen LogP contribution in [0.25, 0.3) is 0 Å². The highest BCUT2D eigenvalue weighted by atomic mass is 16.4. The van der Waals surface area contributed by atoms with Gasteiger partial charge in [-0.2, -0.15) is 0 Å². The number of nitrogens with zero attached hydrogens (tertiary/aromatic N) is 1. The quantitative estimate of drug-likeness (QED) is 0.771. The summed E-state index contributed by atoms with van der Waals surface area (Å²) in [6, 6.07) is 0. The molecule has 0 bridgehead atoms. The molecule has 0 radical (unpaired) electrons. The lowest BCUT2D eigenvalue weighted by molar-refractivity contribution is 0.316. The summed E-state index contributed by atoms with van der Waals surface area (Å²) in [7, 11) is 1.98. The summed E-state index contributed by atoms with van der Waals surface area (Å²) in [5.41, 5.74) is 0.300. The molecular weight excluding hydrogens is 212 g/mol. The minimum absolute atomic E-state index is 0.300. The first-order valence-corrected chi connectivity index (χ1v) is 6.90. The molecule has 1 aliphatic carbocycles. The predicted molar refractivity (Wildman–Crippen MR) is 69.2 cm³/mol. The third-order valence-corrected chi connectivity index (χ3v) is 4.13. The summed E-state index contributed by atoms with van der Waals surface area (Å²) in [5, 5.41) is 3.15. The van der Waals surface area contributed by atoms with Crippen LogP contribution in [0.15, 0.2) is 10.6 Å². The molecule has 0 unspecified atom stereocenters. The second-order valence-corrected chi connectivity index (χ2v) is 5.17. The minimum atomic E-state index is 0.300. The van der Waals surface area contributed by atoms with E-state index in [1.807, 2.05) is 13.2 Å². The zero-order valence-electron chi connectivity index (χ0n) is 11.1. The number of hydrogen-bond acceptors (Lipinski definition) is 3. The van der Waals surface area contributed by atoms with E-state index in [4.69, 9.17) is 4.42 Å². The molecule has 1 aliphatic rings. The molecule has 1 heterocycles. The maximum absolute atomic E-state index is 5.97. The highest BCUT2D eigenvalue weighted by molar-refractivity contribution is 5.13. The van der Waals surface area contributed by atoms with Crippen LogP contribution in [0.3, 0.4) is 0 Å². The Kier molecular flexibility index (Phi) is 4.21. The monoisotopic (exact) mass is 236 g/mol. The lowest BCUT2D eigenvalue weighted by Gasteiger charge is -2.23. The minimum Gasteiger partial charge on any atom is -0.445 e. The number of aromatic nitrogens is 1. The van der Waals surface area contributed by atoms with Gasteiger partial charge in [0.1, 0.15) is 5.76 Å². The van der Waals surface area contributed by atoms with Crippen LogP contribution in [-0.4, -0.2) is 18.6 Å². The van der Waals surface area contributed by atoms with Gasteiger partial charge in [0.15, 0.2) is 5.89 Å². The fraction of sp³-hybridized carbons (Fsp3) is 0.786. The van der Waals surface area contributed by atoms with Crippen LogP contribution in [0.5, 0.6) is 0 Å². The van der Waals surface area contributed by atoms with E-state index < -0.39 is 0 Å². The van der Waals surface area contributed by atoms with E-state index in [1.165, 1.54) is 32.1 Å². The average Bonchev–Trinajstić information content (AvgIpc) is 2.98. The highest BCUT2D eigenvalue weighted by Crippen LogP contribution is 2.43. The largest absolute Gasteiger partial charge is 0.445 e. The van der Waals surface area contributed by atoms with Crippen LogP contribution in [-0.2, 0) is 11.8 Å². The summed E-state index contributed by atoms with van der Waals surface area (Å²) >= 11 is 0. The molecule has 1 saturated carbocycles. The lowest BCUT2D eigenvalue weighted by atomic mass is 9.81. The third kappa shape index (κ3) is 2.71. The van der Waals surface area contributed by atoms with E-state index in [0.717, 1.165) is 31.0 Å². The Morgan fingerprint density at radius 2 is 2.18 bits per heavy atom. The van der Waals surface area contributed by atoms with Gasteiger partial charge in [-0.15, -0.1) is 0 Å². The van der Waals surface area contributed by atoms with Crippen LogP contribution < -0.4 is 5.32 Å². The Labute approximate surface area is 104 Å². The van der Waals surface area contributed by atoms with Crippen molar-refractivity contribution < 1.29 is 4.42 Å². The van der Waals surface area contributed by atoms with Crippen molar-refractivity contribution in [3.05, 3.63) is 17.8 Å². The van der Waals surface area contributed by atoms with E-state index in [9.17, 15) is 0 Å². The molecule has 3 heteroatoms. The standard InChI is InChI=1S/C14H24N2O/c1-3-14(8-4-5-9-14)12-11-16-13(17-12)7-6-10-15-2/h11,15H,3-10H2,1-2H3. The van der Waals surface area contributed by atoms with Crippen LogP contribution in [0.1, 0.15) is 57.1 Å². The maximum atomic E-state index is 5.97. The van der Waals surface area contributed by atoms with E-state index >= 15 is 0 Å². The SMILES string of the molecule is CCC1(c2cnc(CCCNC)o2)CCCC1. The Morgan fingerprint density at radius 1 is 1.41 bits per heavy atom. The van der Waals surface area contributed by atoms with E-state index in [1.54, 1.807) is 0 Å². The van der Waals surface area contributed by atoms with Crippen molar-refractivity contribution in [1.82, 2.24) is 10.3 Å². The Balaban J connectivity index is 2.01. The molecule has 1 aromatic heterocycles. The van der Waals surface area contributed by atoms with Crippen molar-refractivity contribution in [2.45, 2.75) is 57.3 Å². The summed E-state index contributed by atoms with van der Waals surface area (Å²) in [5.74, 6) is 2.05. The first-order chi connectivity index (χ1) is 8.30. The van der Waals surface area contributed by atoms with Gasteiger partial charge in [-0.1, -0.05) is 19.8 Å². The first-order valence-electron chi connectivity index (χ1n) is 6.90. The smallest absolute Gasteiger partial charge is 0.194 e. The first kappa shape index (κ1) is 12.6. The maximum Gasteiger partial charge on any atom is 0.194 e. The Hall–Kier alpha value is -0.830. The molecule has 1 N–H and O–H groups in total. The molecule has 1 fully saturated rings. The predicted octanol–water partition coefficient (Wildman–Crippen LogP) is 3.05. The van der Waals surface area contributed by atoms with Gasteiger partial charge in [0.05, 0.1) is 6.20 Å². The molecule has 96 valence electrons. The van der Waals surface area contributed by atoms with Gasteiger partial charge >= 0.3 is 0 Å². The van der Waals surface area contributed by atoms with Gasteiger partial charge in [0.2, 0.25) is 0 Å². The molecule has 0 spiro atoms. The van der Waals surface area contributed by atoms with Gasteiger partial charge in [-0.25, -0.2) is 4.98 Å². The van der Waals surface area contributed by atoms with Gasteiger partial charge in [0, 0.05) is 11.8 Å². The fourth-order valence-electron chi connectivity index (χ4n) is 2.91. The van der Waals surface area contributed by atoms with Gasteiger partial charge < -0.3 is 9.73 Å². The molecule has 2 rings (SSSR count). The van der Waals surface area contributed by atoms with Gasteiger partial charge in [-0.05, 0) is 39.3 Å². The number of hydrogen-bond donors (Lipinski definition) is 1. The molecule has 0 atom stereocenters. The molecule has 1 aromatic rings. The van der Waals surface area contributed by atoms with E-state index in [-0.39, 0.29) is 0 Å². The van der Waals surface area contributed by atoms with Crippen LogP contribution in [0, 0.1) is 0 Å². The van der Waals surface area contributed by atoms with E-state index in [0.29, 0.717) is 5.41 Å². The molecular formula is C14H24N2O. The van der Waals surface area contributed by atoms with Crippen molar-refractivity contribution in [3.63, 3.8) is 0 Å². The fourth-order valence-corrected chi connectivity index (χ4v) is 2.91. The molecule has 0 aromatic carbocycles. The van der Waals surface area contributed by atoms with Crippen molar-refractivity contribution >= 4 is 0 Å². The Morgan fingerprint density at radius 3 is 2.82 bits per heavy atom. The molecule has 0 saturated heterocycles. The number of oxazole rings is 1. The normalized spacial score (nSPS) is 18.7. The van der Waals surface area contributed by atoms with Crippen molar-refractivity contribution in [2.75, 3.05) is 13.6 Å². The number of aryl methyl sites for hydroxylation is 1. The van der Waals surface area contributed by atoms with Crippen LogP contribution >= 0.6 is 0 Å². The molecule has 0 amide bonds. The third-order valence-electron chi connectivity index (χ3n) is 4.13. The molecule has 3 nitrogen and oxygen atoms in total. The summed E-state index contributed by atoms with van der Waals surface area (Å²) < 4.78 is 5.97. The molecule has 0 aliphatic heterocycles. The zero-order valence-corrected chi connectivity index (χ0v) is 11.1. The Bertz CT molecular complexity index is 340. The number of nitrogens with one attached hydrogen (secondary N) is 1. The zero-order chi connectivity index (χ0) is 12.1. The second-order valence-electron chi connectivity index (χ2n) is 5.17. The van der Waals surface area contributed by atoms with Crippen molar-refractivity contribution in [3.8, 4) is 0 Å². The topological polar surface area (TPSA) is 38.1 Å². The van der Waals surface area contributed by atoms with Crippen LogP contribution in [0.2, 0.25) is 0 Å². The van der Waals surface area contributed by atoms with Crippen molar-refractivity contribution in [2.24, 2.45) is 0 Å². The number of rotatable bonds is 6. The van der Waals surface area contributed by atoms with Crippen LogP contribution in [0.4, 0.5) is 0 Å². The second kappa shape index (κ2) is 5.67. The summed E-state index contributed by atoms with van der Waals surface area (Å²) in [6.07, 6.45) is 10.4. The van der Waals surface area contributed by atoms with Gasteiger partial charge in [-0.3, -0.25) is 0 Å². The summed E-state index contributed by atoms with van der Waals surface area (Å²) in [6.45, 7) is 3.30. The van der Waals surface area contributed by atoms with E-state index in [2.05, 4.69) is 17.2 Å². The lowest BCUT2D eigenvalue weighted by Crippen LogP contribution is -2.19. The highest BCUT2D eigenvalue weighted by Gasteiger charge is 2.37.